The van der Waals surface area contributed by atoms with Crippen LogP contribution in [-0.2, 0) is 12.1 Å². The Hall–Kier alpha value is -0.550. The number of nitrogens with zero attached hydrogens (tertiary/aromatic N) is 3. The Labute approximate surface area is 114 Å². The standard InChI is InChI=1S/C13H24N4S/c1-12(2,3)17-9-11(15-16-17)8-14-10-13(4)6-5-7-18-13/h9,14H,5-8,10H2,1-4H3. The van der Waals surface area contributed by atoms with Crippen LogP contribution >= 0.6 is 11.8 Å². The first kappa shape index (κ1) is 13.9. The van der Waals surface area contributed by atoms with Gasteiger partial charge in [0.25, 0.3) is 0 Å². The van der Waals surface area contributed by atoms with Gasteiger partial charge in [0.2, 0.25) is 0 Å². The van der Waals surface area contributed by atoms with Gasteiger partial charge in [-0.2, -0.15) is 11.8 Å². The van der Waals surface area contributed by atoms with E-state index in [-0.39, 0.29) is 5.54 Å². The predicted octanol–water partition coefficient (Wildman–Crippen LogP) is 2.41. The summed E-state index contributed by atoms with van der Waals surface area (Å²) in [5.74, 6) is 1.30. The van der Waals surface area contributed by atoms with Crippen molar-refractivity contribution in [2.24, 2.45) is 0 Å². The first-order valence-electron chi connectivity index (χ1n) is 6.65. The number of nitrogens with one attached hydrogen (secondary N) is 1. The molecule has 1 aromatic rings. The Bertz CT molecular complexity index is 388. The largest absolute Gasteiger partial charge is 0.310 e. The maximum atomic E-state index is 4.21. The molecule has 1 atom stereocenters. The molecule has 0 radical (unpaired) electrons. The maximum Gasteiger partial charge on any atom is 0.0965 e. The lowest BCUT2D eigenvalue weighted by Crippen LogP contribution is -2.32. The fourth-order valence-electron chi connectivity index (χ4n) is 2.14. The third kappa shape index (κ3) is 3.48. The number of aromatic nitrogens is 3. The van der Waals surface area contributed by atoms with Gasteiger partial charge in [0, 0.05) is 17.8 Å². The summed E-state index contributed by atoms with van der Waals surface area (Å²) >= 11 is 2.09. The number of thioether (sulfide) groups is 1. The van der Waals surface area contributed by atoms with E-state index in [1.165, 1.54) is 18.6 Å². The van der Waals surface area contributed by atoms with Gasteiger partial charge in [-0.15, -0.1) is 5.10 Å². The minimum atomic E-state index is 0.0124. The van der Waals surface area contributed by atoms with Crippen LogP contribution in [0.25, 0.3) is 0 Å². The van der Waals surface area contributed by atoms with E-state index < -0.39 is 0 Å². The molecule has 18 heavy (non-hydrogen) atoms. The number of rotatable bonds is 4. The Balaban J connectivity index is 1.82. The van der Waals surface area contributed by atoms with Crippen LogP contribution in [0.4, 0.5) is 0 Å². The molecular weight excluding hydrogens is 244 g/mol. The zero-order chi connectivity index (χ0) is 13.2. The average Bonchev–Trinajstić information content (AvgIpc) is 2.87. The van der Waals surface area contributed by atoms with Gasteiger partial charge in [0.15, 0.2) is 0 Å². The maximum absolute atomic E-state index is 4.21. The van der Waals surface area contributed by atoms with Gasteiger partial charge in [0.05, 0.1) is 17.4 Å². The third-order valence-electron chi connectivity index (χ3n) is 3.33. The average molecular weight is 268 g/mol. The number of hydrogen-bond donors (Lipinski definition) is 1. The van der Waals surface area contributed by atoms with Crippen molar-refractivity contribution < 1.29 is 0 Å². The molecule has 102 valence electrons. The van der Waals surface area contributed by atoms with Gasteiger partial charge in [0.1, 0.15) is 0 Å². The van der Waals surface area contributed by atoms with Crippen LogP contribution in [0.15, 0.2) is 6.20 Å². The third-order valence-corrected chi connectivity index (χ3v) is 4.87. The Morgan fingerprint density at radius 2 is 2.28 bits per heavy atom. The van der Waals surface area contributed by atoms with Crippen LogP contribution in [0.3, 0.4) is 0 Å². The van der Waals surface area contributed by atoms with Crippen LogP contribution in [0, 0.1) is 0 Å². The molecule has 0 aliphatic carbocycles. The van der Waals surface area contributed by atoms with E-state index in [0.717, 1.165) is 18.8 Å². The highest BCUT2D eigenvalue weighted by Crippen LogP contribution is 2.36. The highest BCUT2D eigenvalue weighted by Gasteiger charge is 2.28. The van der Waals surface area contributed by atoms with Crippen LogP contribution in [0.5, 0.6) is 0 Å². The zero-order valence-corrected chi connectivity index (χ0v) is 12.7. The second kappa shape index (κ2) is 5.21. The van der Waals surface area contributed by atoms with Crippen LogP contribution in [0.2, 0.25) is 0 Å². The molecule has 0 bridgehead atoms. The van der Waals surface area contributed by atoms with Crippen molar-refractivity contribution in [1.29, 1.82) is 0 Å². The van der Waals surface area contributed by atoms with Crippen molar-refractivity contribution in [1.82, 2.24) is 20.3 Å². The summed E-state index contributed by atoms with van der Waals surface area (Å²) < 4.78 is 2.34. The molecule has 5 heteroatoms. The summed E-state index contributed by atoms with van der Waals surface area (Å²) in [6.45, 7) is 10.6. The summed E-state index contributed by atoms with van der Waals surface area (Å²) in [6.07, 6.45) is 4.71. The molecule has 2 heterocycles. The molecular formula is C13H24N4S. The van der Waals surface area contributed by atoms with Crippen molar-refractivity contribution in [2.75, 3.05) is 12.3 Å². The van der Waals surface area contributed by atoms with E-state index in [2.05, 4.69) is 55.1 Å². The summed E-state index contributed by atoms with van der Waals surface area (Å²) in [6, 6.07) is 0. The lowest BCUT2D eigenvalue weighted by molar-refractivity contribution is 0.347. The van der Waals surface area contributed by atoms with Crippen molar-refractivity contribution in [3.05, 3.63) is 11.9 Å². The zero-order valence-electron chi connectivity index (χ0n) is 11.9. The first-order valence-corrected chi connectivity index (χ1v) is 7.64. The SMILES string of the molecule is CC1(CNCc2cn(C(C)(C)C)nn2)CCCS1. The van der Waals surface area contributed by atoms with E-state index in [1.54, 1.807) is 0 Å². The van der Waals surface area contributed by atoms with Gasteiger partial charge in [-0.1, -0.05) is 5.21 Å². The van der Waals surface area contributed by atoms with Gasteiger partial charge in [-0.3, -0.25) is 0 Å². The molecule has 0 aromatic carbocycles. The van der Waals surface area contributed by atoms with E-state index >= 15 is 0 Å². The molecule has 1 aromatic heterocycles. The molecule has 2 rings (SSSR count). The van der Waals surface area contributed by atoms with Crippen LogP contribution in [0.1, 0.15) is 46.2 Å². The molecule has 1 saturated heterocycles. The number of hydrogen-bond acceptors (Lipinski definition) is 4. The van der Waals surface area contributed by atoms with Crippen LogP contribution < -0.4 is 5.32 Å². The molecule has 0 saturated carbocycles. The van der Waals surface area contributed by atoms with E-state index in [1.807, 2.05) is 10.9 Å². The summed E-state index contributed by atoms with van der Waals surface area (Å²) in [5.41, 5.74) is 1.04. The highest BCUT2D eigenvalue weighted by molar-refractivity contribution is 8.00. The highest BCUT2D eigenvalue weighted by atomic mass is 32.2. The van der Waals surface area contributed by atoms with E-state index in [0.29, 0.717) is 4.75 Å². The molecule has 0 amide bonds. The second-order valence-electron chi connectivity index (χ2n) is 6.33. The van der Waals surface area contributed by atoms with Gasteiger partial charge >= 0.3 is 0 Å². The first-order chi connectivity index (χ1) is 8.39. The molecule has 1 unspecified atom stereocenters. The predicted molar refractivity (Wildman–Crippen MR) is 76.8 cm³/mol. The lowest BCUT2D eigenvalue weighted by atomic mass is 10.1. The van der Waals surface area contributed by atoms with Gasteiger partial charge in [-0.05, 0) is 46.3 Å². The van der Waals surface area contributed by atoms with Gasteiger partial charge in [-0.25, -0.2) is 4.68 Å². The summed E-state index contributed by atoms with van der Waals surface area (Å²) in [7, 11) is 0. The fourth-order valence-corrected chi connectivity index (χ4v) is 3.41. The van der Waals surface area contributed by atoms with Crippen LogP contribution in [-0.4, -0.2) is 32.0 Å². The Morgan fingerprint density at radius 3 is 2.83 bits per heavy atom. The monoisotopic (exact) mass is 268 g/mol. The minimum absolute atomic E-state index is 0.0124. The smallest absolute Gasteiger partial charge is 0.0965 e. The molecule has 4 nitrogen and oxygen atoms in total. The van der Waals surface area contributed by atoms with Crippen molar-refractivity contribution >= 4 is 11.8 Å². The van der Waals surface area contributed by atoms with Crippen molar-refractivity contribution in [2.45, 2.75) is 57.4 Å². The lowest BCUT2D eigenvalue weighted by Gasteiger charge is -2.22. The molecule has 1 fully saturated rings. The molecule has 1 N–H and O–H groups in total. The second-order valence-corrected chi connectivity index (χ2v) is 8.01. The van der Waals surface area contributed by atoms with Crippen molar-refractivity contribution in [3.8, 4) is 0 Å². The fraction of sp³-hybridized carbons (Fsp3) is 0.846. The molecule has 1 aliphatic heterocycles. The summed E-state index contributed by atoms with van der Waals surface area (Å²) in [5, 5.41) is 11.9. The van der Waals surface area contributed by atoms with E-state index in [9.17, 15) is 0 Å². The van der Waals surface area contributed by atoms with Crippen molar-refractivity contribution in [3.63, 3.8) is 0 Å². The minimum Gasteiger partial charge on any atom is -0.310 e. The Kier molecular flexibility index (Phi) is 4.02. The Morgan fingerprint density at radius 1 is 1.50 bits per heavy atom. The molecule has 1 aliphatic rings. The topological polar surface area (TPSA) is 42.7 Å². The quantitative estimate of drug-likeness (QED) is 0.910. The van der Waals surface area contributed by atoms with Gasteiger partial charge < -0.3 is 5.32 Å². The molecule has 0 spiro atoms. The normalized spacial score (nSPS) is 24.7. The summed E-state index contributed by atoms with van der Waals surface area (Å²) in [4.78, 5) is 0. The van der Waals surface area contributed by atoms with E-state index in [4.69, 9.17) is 0 Å².